The van der Waals surface area contributed by atoms with Gasteiger partial charge in [-0.15, -0.1) is 11.3 Å². The summed E-state index contributed by atoms with van der Waals surface area (Å²) in [7, 11) is 0. The highest BCUT2D eigenvalue weighted by atomic mass is 32.1. The van der Waals surface area contributed by atoms with Gasteiger partial charge in [0.15, 0.2) is 5.78 Å². The first-order valence-corrected chi connectivity index (χ1v) is 17.6. The standard InChI is InChI=1S/C46H30N2O2S/c49-41-25-19-31-11-3-7-15-37(31)45(41)43-35-13-5-1-9-29(35)17-23-39(43)47-27-33-21-22-34(51-33)28-48-40-24-18-30-10-2-6-14-36(30)44(40)46-38-16-8-4-12-32(38)20-26-42(46)50/h1-28,47,49H/b33-27+,34-28+,46-44-,48-40+. The summed E-state index contributed by atoms with van der Waals surface area (Å²) in [5.74, 6) is 0.217. The Balaban J connectivity index is 1.12. The first kappa shape index (κ1) is 30.5. The second-order valence-electron chi connectivity index (χ2n) is 12.5. The Morgan fingerprint density at radius 2 is 1.18 bits per heavy atom. The number of hydrogen-bond acceptors (Lipinski definition) is 5. The summed E-state index contributed by atoms with van der Waals surface area (Å²) in [6, 6.07) is 44.6. The number of aromatic hydroxyl groups is 1. The number of phenols is 1. The van der Waals surface area contributed by atoms with Crippen LogP contribution in [0.3, 0.4) is 0 Å². The van der Waals surface area contributed by atoms with Gasteiger partial charge in [0.2, 0.25) is 0 Å². The number of ketones is 1. The Morgan fingerprint density at radius 1 is 0.569 bits per heavy atom. The maximum atomic E-state index is 13.5. The lowest BCUT2D eigenvalue weighted by Gasteiger charge is -2.22. The number of nitrogens with zero attached hydrogens (tertiary/aromatic N) is 1. The van der Waals surface area contributed by atoms with Crippen LogP contribution in [0.25, 0.3) is 68.4 Å². The van der Waals surface area contributed by atoms with E-state index in [1.165, 1.54) is 0 Å². The van der Waals surface area contributed by atoms with Crippen molar-refractivity contribution >= 4 is 85.8 Å². The number of hydrogen-bond donors (Lipinski definition) is 2. The smallest absolute Gasteiger partial charge is 0.187 e. The number of benzene rings is 6. The minimum atomic E-state index is -0.0227. The molecule has 7 aromatic rings. The predicted molar refractivity (Wildman–Crippen MR) is 215 cm³/mol. The fraction of sp³-hybridized carbons (Fsp3) is 0. The highest BCUT2D eigenvalue weighted by molar-refractivity contribution is 7.07. The van der Waals surface area contributed by atoms with Crippen molar-refractivity contribution < 1.29 is 9.90 Å². The number of carbonyl (C=O) groups is 1. The average Bonchev–Trinajstić information content (AvgIpc) is 3.64. The third kappa shape index (κ3) is 5.50. The zero-order valence-corrected chi connectivity index (χ0v) is 28.2. The maximum absolute atomic E-state index is 13.5. The molecule has 0 amide bonds. The number of anilines is 1. The van der Waals surface area contributed by atoms with Crippen LogP contribution in [0, 0.1) is 0 Å². The molecule has 242 valence electrons. The third-order valence-electron chi connectivity index (χ3n) is 9.48. The van der Waals surface area contributed by atoms with Crippen LogP contribution in [0.15, 0.2) is 151 Å². The number of allylic oxidation sites excluding steroid dienone is 4. The molecule has 0 saturated heterocycles. The highest BCUT2D eigenvalue weighted by Gasteiger charge is 2.27. The molecule has 6 aromatic carbocycles. The Morgan fingerprint density at radius 3 is 1.94 bits per heavy atom. The molecule has 0 saturated carbocycles. The Kier molecular flexibility index (Phi) is 7.60. The predicted octanol–water partition coefficient (Wildman–Crippen LogP) is 9.69. The van der Waals surface area contributed by atoms with Gasteiger partial charge < -0.3 is 10.4 Å². The molecule has 0 spiro atoms. The molecule has 0 radical (unpaired) electrons. The van der Waals surface area contributed by atoms with Gasteiger partial charge in [-0.3, -0.25) is 9.79 Å². The second kappa shape index (κ2) is 12.7. The number of carbonyl (C=O) groups excluding carboxylic acids is 1. The number of rotatable bonds is 4. The Hall–Kier alpha value is -6.56. The fourth-order valence-corrected chi connectivity index (χ4v) is 7.89. The third-order valence-corrected chi connectivity index (χ3v) is 10.4. The van der Waals surface area contributed by atoms with Gasteiger partial charge in [0.1, 0.15) is 5.75 Å². The summed E-state index contributed by atoms with van der Waals surface area (Å²) >= 11 is 1.61. The van der Waals surface area contributed by atoms with Gasteiger partial charge in [0, 0.05) is 49.4 Å². The summed E-state index contributed by atoms with van der Waals surface area (Å²) in [4.78, 5) is 18.5. The molecule has 51 heavy (non-hydrogen) atoms. The van der Waals surface area contributed by atoms with E-state index in [1.54, 1.807) is 23.5 Å². The first-order chi connectivity index (χ1) is 25.1. The van der Waals surface area contributed by atoms with Gasteiger partial charge in [-0.2, -0.15) is 0 Å². The number of thiophene rings is 1. The molecular formula is C46H30N2O2S. The minimum Gasteiger partial charge on any atom is -0.507 e. The van der Waals surface area contributed by atoms with Gasteiger partial charge in [0.25, 0.3) is 0 Å². The topological polar surface area (TPSA) is 61.7 Å². The van der Waals surface area contributed by atoms with E-state index in [9.17, 15) is 9.90 Å². The summed E-state index contributed by atoms with van der Waals surface area (Å²) in [5, 5.41) is 19.0. The number of aliphatic imine (C=N–C) groups is 1. The molecule has 1 heterocycles. The summed E-state index contributed by atoms with van der Waals surface area (Å²) in [5.41, 5.74) is 8.90. The minimum absolute atomic E-state index is 0.0227. The monoisotopic (exact) mass is 674 g/mol. The average molecular weight is 675 g/mol. The van der Waals surface area contributed by atoms with E-state index in [-0.39, 0.29) is 11.5 Å². The van der Waals surface area contributed by atoms with E-state index in [4.69, 9.17) is 4.99 Å². The highest BCUT2D eigenvalue weighted by Crippen LogP contribution is 2.44. The summed E-state index contributed by atoms with van der Waals surface area (Å²) < 4.78 is 2.00. The molecule has 0 bridgehead atoms. The van der Waals surface area contributed by atoms with E-state index >= 15 is 0 Å². The van der Waals surface area contributed by atoms with Gasteiger partial charge in [0.05, 0.1) is 5.71 Å². The fourth-order valence-electron chi connectivity index (χ4n) is 7.12. The van der Waals surface area contributed by atoms with Crippen molar-refractivity contribution in [2.24, 2.45) is 4.99 Å². The second-order valence-corrected chi connectivity index (χ2v) is 13.7. The van der Waals surface area contributed by atoms with E-state index < -0.39 is 0 Å². The van der Waals surface area contributed by atoms with E-state index in [0.29, 0.717) is 5.57 Å². The van der Waals surface area contributed by atoms with E-state index in [0.717, 1.165) is 81.0 Å². The van der Waals surface area contributed by atoms with Crippen LogP contribution in [0.2, 0.25) is 0 Å². The molecule has 2 aliphatic rings. The lowest BCUT2D eigenvalue weighted by molar-refractivity contribution is -0.109. The molecule has 0 unspecified atom stereocenters. The zero-order chi connectivity index (χ0) is 34.3. The lowest BCUT2D eigenvalue weighted by atomic mass is 9.81. The van der Waals surface area contributed by atoms with Crippen LogP contribution in [-0.2, 0) is 4.79 Å². The van der Waals surface area contributed by atoms with Crippen LogP contribution >= 0.6 is 11.3 Å². The summed E-state index contributed by atoms with van der Waals surface area (Å²) in [6.07, 6.45) is 11.5. The molecule has 0 aliphatic heterocycles. The lowest BCUT2D eigenvalue weighted by Crippen LogP contribution is -2.14. The van der Waals surface area contributed by atoms with Crippen molar-refractivity contribution in [3.05, 3.63) is 177 Å². The molecule has 2 N–H and O–H groups in total. The van der Waals surface area contributed by atoms with Crippen molar-refractivity contribution in [2.45, 2.75) is 0 Å². The zero-order valence-electron chi connectivity index (χ0n) is 27.4. The van der Waals surface area contributed by atoms with Crippen LogP contribution in [0.1, 0.15) is 22.3 Å². The Bertz CT molecular complexity index is 2820. The normalized spacial score (nSPS) is 16.6. The van der Waals surface area contributed by atoms with Crippen LogP contribution < -0.4 is 14.4 Å². The SMILES string of the molecule is O=C1C=Cc2ccccc2/C1=C1/C(=N/C=c2\cc/c(=C\Nc3ccc4ccccc4c3-c3c(O)ccc4ccccc34)s2)C=Cc2ccccc21. The van der Waals surface area contributed by atoms with Crippen LogP contribution in [-0.4, -0.2) is 16.6 Å². The van der Waals surface area contributed by atoms with Crippen molar-refractivity contribution in [1.29, 1.82) is 0 Å². The van der Waals surface area contributed by atoms with Crippen molar-refractivity contribution in [1.82, 2.24) is 0 Å². The molecule has 0 fully saturated rings. The van der Waals surface area contributed by atoms with Crippen molar-refractivity contribution in [3.63, 3.8) is 0 Å². The van der Waals surface area contributed by atoms with E-state index in [1.807, 2.05) is 91.3 Å². The molecule has 9 rings (SSSR count). The van der Waals surface area contributed by atoms with Crippen molar-refractivity contribution in [2.75, 3.05) is 5.32 Å². The van der Waals surface area contributed by atoms with Gasteiger partial charge >= 0.3 is 0 Å². The van der Waals surface area contributed by atoms with Gasteiger partial charge in [-0.1, -0.05) is 121 Å². The molecule has 2 aliphatic carbocycles. The number of nitrogens with one attached hydrogen (secondary N) is 1. The molecule has 0 atom stereocenters. The molecule has 5 heteroatoms. The number of fused-ring (bicyclic) bond motifs is 4. The van der Waals surface area contributed by atoms with Gasteiger partial charge in [-0.05, 0) is 80.2 Å². The van der Waals surface area contributed by atoms with Gasteiger partial charge in [-0.25, -0.2) is 0 Å². The van der Waals surface area contributed by atoms with E-state index in [2.05, 4.69) is 72.1 Å². The largest absolute Gasteiger partial charge is 0.507 e. The van der Waals surface area contributed by atoms with Crippen LogP contribution in [0.4, 0.5) is 5.69 Å². The van der Waals surface area contributed by atoms with Crippen LogP contribution in [0.5, 0.6) is 5.75 Å². The molecule has 1 aromatic heterocycles. The number of phenolic OH excluding ortho intramolecular Hbond substituents is 1. The molecule has 4 nitrogen and oxygen atoms in total. The Labute approximate surface area is 298 Å². The summed E-state index contributed by atoms with van der Waals surface area (Å²) in [6.45, 7) is 0. The molecular weight excluding hydrogens is 645 g/mol. The first-order valence-electron chi connectivity index (χ1n) is 16.8. The van der Waals surface area contributed by atoms with Crippen molar-refractivity contribution in [3.8, 4) is 16.9 Å². The quantitative estimate of drug-likeness (QED) is 0.183. The maximum Gasteiger partial charge on any atom is 0.187 e.